The van der Waals surface area contributed by atoms with Gasteiger partial charge in [0.05, 0.1) is 7.11 Å². The normalized spacial score (nSPS) is 8.11. The molecule has 0 aromatic rings. The van der Waals surface area contributed by atoms with Crippen molar-refractivity contribution >= 4 is 25.7 Å². The van der Waals surface area contributed by atoms with Crippen LogP contribution in [0.2, 0.25) is 0 Å². The van der Waals surface area contributed by atoms with Crippen molar-refractivity contribution in [1.29, 1.82) is 0 Å². The van der Waals surface area contributed by atoms with E-state index in [2.05, 4.69) is 30.6 Å². The summed E-state index contributed by atoms with van der Waals surface area (Å²) in [7, 11) is 1.33. The molecule has 9 heavy (non-hydrogen) atoms. The van der Waals surface area contributed by atoms with Crippen molar-refractivity contribution in [2.45, 2.75) is 6.92 Å². The van der Waals surface area contributed by atoms with Gasteiger partial charge in [0.2, 0.25) is 0 Å². The predicted octanol–water partition coefficient (Wildman–Crippen LogP) is 1.42. The van der Waals surface area contributed by atoms with Crippen LogP contribution in [0.15, 0.2) is 6.08 Å². The van der Waals surface area contributed by atoms with Gasteiger partial charge in [-0.25, -0.2) is 0 Å². The molecule has 2 nitrogen and oxygen atoms in total. The van der Waals surface area contributed by atoms with Gasteiger partial charge >= 0.3 is 34.5 Å². The standard InChI is InChI=1S/C5H7O2.HI.Zn/c1-3-4-5(6)7-2;;/h4H,1-2H3;1H;/q-1;;+2/p-1. The molecule has 0 amide bonds. The van der Waals surface area contributed by atoms with E-state index in [1.165, 1.54) is 28.0 Å². The van der Waals surface area contributed by atoms with Crippen molar-refractivity contribution in [2.24, 2.45) is 0 Å². The van der Waals surface area contributed by atoms with Crippen LogP contribution in [0.5, 0.6) is 0 Å². The predicted molar refractivity (Wildman–Crippen MR) is 39.5 cm³/mol. The van der Waals surface area contributed by atoms with Gasteiger partial charge in [0.1, 0.15) is 0 Å². The maximum atomic E-state index is 10.1. The van der Waals surface area contributed by atoms with Crippen molar-refractivity contribution in [2.75, 3.05) is 7.11 Å². The molecule has 0 bridgehead atoms. The van der Waals surface area contributed by atoms with Crippen LogP contribution in [0.4, 0.5) is 0 Å². The zero-order chi connectivity index (χ0) is 7.70. The molecule has 0 N–H and O–H groups in total. The summed E-state index contributed by atoms with van der Waals surface area (Å²) in [6, 6.07) is 0. The van der Waals surface area contributed by atoms with Crippen molar-refractivity contribution < 1.29 is 24.3 Å². The number of carbonyl (C=O) groups is 1. The number of carbonyl (C=O) groups excluding carboxylic acids is 1. The molecule has 0 aliphatic carbocycles. The second-order valence-electron chi connectivity index (χ2n) is 0.956. The zero-order valence-corrected chi connectivity index (χ0v) is 10.6. The number of halogens is 1. The molecule has 0 atom stereocenters. The third-order valence-electron chi connectivity index (χ3n) is 0.463. The molecule has 0 heterocycles. The van der Waals surface area contributed by atoms with Crippen LogP contribution in [-0.4, -0.2) is 13.1 Å². The Bertz CT molecular complexity index is 93.0. The van der Waals surface area contributed by atoms with E-state index in [1.807, 2.05) is 0 Å². The number of esters is 1. The van der Waals surface area contributed by atoms with Crippen molar-refractivity contribution in [1.82, 2.24) is 0 Å². The summed E-state index contributed by atoms with van der Waals surface area (Å²) in [4.78, 5) is 10.1. The van der Waals surface area contributed by atoms with Crippen LogP contribution >= 0.6 is 19.8 Å². The quantitative estimate of drug-likeness (QED) is 0.240. The SMILES string of the molecule is C[C-]=CC(=O)OC.[Zn+][I]. The van der Waals surface area contributed by atoms with E-state index in [-0.39, 0.29) is 5.97 Å². The second-order valence-corrected chi connectivity index (χ2v) is 0.956. The Labute approximate surface area is 75.9 Å². The monoisotopic (exact) mass is 290 g/mol. The summed E-state index contributed by atoms with van der Waals surface area (Å²) < 4.78 is 4.23. The number of allylic oxidation sites excluding steroid dienone is 1. The molecule has 0 radical (unpaired) electrons. The molecule has 48 valence electrons. The van der Waals surface area contributed by atoms with Gasteiger partial charge in [-0.05, 0) is 0 Å². The molecule has 0 aromatic heterocycles. The fourth-order valence-corrected chi connectivity index (χ4v) is 0.177. The van der Waals surface area contributed by atoms with Gasteiger partial charge in [-0.3, -0.25) is 6.08 Å². The van der Waals surface area contributed by atoms with Gasteiger partial charge in [0, 0.05) is 0 Å². The van der Waals surface area contributed by atoms with Gasteiger partial charge in [-0.2, -0.15) is 6.08 Å². The van der Waals surface area contributed by atoms with Gasteiger partial charge in [0.25, 0.3) is 0 Å². The molecule has 0 aromatic carbocycles. The van der Waals surface area contributed by atoms with Gasteiger partial charge < -0.3 is 9.53 Å². The molecule has 0 saturated heterocycles. The van der Waals surface area contributed by atoms with Crippen molar-refractivity contribution in [3.8, 4) is 0 Å². The Morgan fingerprint density at radius 3 is 2.33 bits per heavy atom. The summed E-state index contributed by atoms with van der Waals surface area (Å²) in [5, 5.41) is 0. The number of ether oxygens (including phenoxy) is 1. The Balaban J connectivity index is 0. The van der Waals surface area contributed by atoms with Crippen LogP contribution in [0, 0.1) is 6.08 Å². The van der Waals surface area contributed by atoms with E-state index >= 15 is 0 Å². The molecule has 4 heteroatoms. The molecular formula is C5H7IO2Zn. The fraction of sp³-hybridized carbons (Fsp3) is 0.400. The van der Waals surface area contributed by atoms with Crippen LogP contribution < -0.4 is 0 Å². The minimum atomic E-state index is -0.359. The average Bonchev–Trinajstić information content (AvgIpc) is 1.93. The summed E-state index contributed by atoms with van der Waals surface area (Å²) in [6.07, 6.45) is 3.75. The third kappa shape index (κ3) is 11.9. The molecule has 0 unspecified atom stereocenters. The molecular weight excluding hydrogens is 284 g/mol. The van der Waals surface area contributed by atoms with Crippen molar-refractivity contribution in [3.63, 3.8) is 0 Å². The molecule has 0 aliphatic heterocycles. The van der Waals surface area contributed by atoms with Gasteiger partial charge in [-0.1, -0.05) is 0 Å². The van der Waals surface area contributed by atoms with Crippen LogP contribution in [0.25, 0.3) is 0 Å². The average molecular weight is 291 g/mol. The maximum absolute atomic E-state index is 10.1. The van der Waals surface area contributed by atoms with E-state index < -0.39 is 0 Å². The first-order chi connectivity index (χ1) is 4.31. The van der Waals surface area contributed by atoms with E-state index in [0.717, 1.165) is 0 Å². The summed E-state index contributed by atoms with van der Waals surface area (Å²) in [5.41, 5.74) is 0. The Morgan fingerprint density at radius 1 is 1.78 bits per heavy atom. The van der Waals surface area contributed by atoms with Gasteiger partial charge in [-0.15, -0.1) is 6.92 Å². The number of hydrogen-bond donors (Lipinski definition) is 0. The zero-order valence-electron chi connectivity index (χ0n) is 5.48. The Morgan fingerprint density at radius 2 is 2.22 bits per heavy atom. The minimum absolute atomic E-state index is 0.359. The first-order valence-electron chi connectivity index (χ1n) is 2.16. The Kier molecular flexibility index (Phi) is 15.5. The van der Waals surface area contributed by atoms with E-state index in [9.17, 15) is 4.79 Å². The first-order valence-corrected chi connectivity index (χ1v) is 11.2. The molecule has 0 fully saturated rings. The Hall–Kier alpha value is 0.563. The molecule has 0 saturated carbocycles. The molecule has 0 aliphatic rings. The summed E-state index contributed by atoms with van der Waals surface area (Å²) in [6.45, 7) is 1.64. The number of methoxy groups -OCH3 is 1. The van der Waals surface area contributed by atoms with Crippen molar-refractivity contribution in [3.05, 3.63) is 12.2 Å². The first kappa shape index (κ1) is 12.3. The van der Waals surface area contributed by atoms with Crippen LogP contribution in [0.1, 0.15) is 6.92 Å². The second kappa shape index (κ2) is 11.4. The summed E-state index contributed by atoms with van der Waals surface area (Å²) >= 11 is 3.62. The topological polar surface area (TPSA) is 26.3 Å². The van der Waals surface area contributed by atoms with Gasteiger partial charge in [0.15, 0.2) is 5.97 Å². The van der Waals surface area contributed by atoms with E-state index in [4.69, 9.17) is 0 Å². The number of rotatable bonds is 1. The fourth-order valence-electron chi connectivity index (χ4n) is 0.177. The number of hydrogen-bond acceptors (Lipinski definition) is 2. The molecule has 0 rings (SSSR count). The van der Waals surface area contributed by atoms with E-state index in [0.29, 0.717) is 0 Å². The van der Waals surface area contributed by atoms with E-state index in [1.54, 1.807) is 6.92 Å². The van der Waals surface area contributed by atoms with Crippen LogP contribution in [0.3, 0.4) is 0 Å². The summed E-state index contributed by atoms with van der Waals surface area (Å²) in [5.74, 6) is -0.359. The van der Waals surface area contributed by atoms with Crippen LogP contribution in [-0.2, 0) is 24.3 Å². The third-order valence-corrected chi connectivity index (χ3v) is 0.463. The molecule has 0 spiro atoms.